The third-order valence-corrected chi connectivity index (χ3v) is 13.9. The summed E-state index contributed by atoms with van der Waals surface area (Å²) < 4.78 is 30.2. The maximum absolute atomic E-state index is 13.6. The number of nitrogens with one attached hydrogen (secondary N) is 1. The van der Waals surface area contributed by atoms with Gasteiger partial charge < -0.3 is 33.8 Å². The molecule has 47 heavy (non-hydrogen) atoms. The van der Waals surface area contributed by atoms with E-state index < -0.39 is 20.5 Å². The smallest absolute Gasteiger partial charge is 0.407 e. The zero-order valence-corrected chi connectivity index (χ0v) is 31.4. The summed E-state index contributed by atoms with van der Waals surface area (Å²) in [6.45, 7) is 23.4. The molecule has 1 aliphatic heterocycles. The second-order valence-electron chi connectivity index (χ2n) is 14.7. The molecule has 0 spiro atoms. The van der Waals surface area contributed by atoms with Crippen LogP contribution in [0.25, 0.3) is 0 Å². The molecule has 9 nitrogen and oxygen atoms in total. The largest absolute Gasteiger partial charge is 0.497 e. The first-order valence-corrected chi connectivity index (χ1v) is 19.9. The van der Waals surface area contributed by atoms with Gasteiger partial charge in [0.25, 0.3) is 0 Å². The predicted octanol–water partition coefficient (Wildman–Crippen LogP) is 7.24. The van der Waals surface area contributed by atoms with Crippen LogP contribution in [0.5, 0.6) is 5.75 Å². The fraction of sp³-hybridized carbons (Fsp3) is 0.676. The third-order valence-electron chi connectivity index (χ3n) is 9.37. The van der Waals surface area contributed by atoms with Crippen LogP contribution >= 0.6 is 0 Å². The monoisotopic (exact) mass is 675 g/mol. The molecular formula is C37H61NO8Si. The van der Waals surface area contributed by atoms with E-state index in [9.17, 15) is 14.7 Å². The zero-order valence-electron chi connectivity index (χ0n) is 30.4. The lowest BCUT2D eigenvalue weighted by Gasteiger charge is -2.47. The molecule has 1 saturated heterocycles. The number of carbonyl (C=O) groups excluding carboxylic acids is 2. The molecule has 1 aromatic carbocycles. The molecule has 0 bridgehead atoms. The molecule has 1 aliphatic rings. The van der Waals surface area contributed by atoms with Gasteiger partial charge in [0.15, 0.2) is 8.32 Å². The fourth-order valence-electron chi connectivity index (χ4n) is 5.49. The van der Waals surface area contributed by atoms with E-state index in [1.54, 1.807) is 20.1 Å². The Labute approximate surface area is 284 Å². The second-order valence-corrected chi connectivity index (χ2v) is 19.4. The highest BCUT2D eigenvalue weighted by molar-refractivity contribution is 6.74. The van der Waals surface area contributed by atoms with Crippen molar-refractivity contribution >= 4 is 20.2 Å². The molecular weight excluding hydrogens is 614 g/mol. The van der Waals surface area contributed by atoms with Crippen LogP contribution < -0.4 is 10.1 Å². The molecule has 8 unspecified atom stereocenters. The van der Waals surface area contributed by atoms with Gasteiger partial charge in [-0.15, -0.1) is 0 Å². The average Bonchev–Trinajstić information content (AvgIpc) is 2.98. The minimum atomic E-state index is -2.14. The Morgan fingerprint density at radius 3 is 2.36 bits per heavy atom. The molecule has 2 N–H and O–H groups in total. The highest BCUT2D eigenvalue weighted by Crippen LogP contribution is 2.41. The Balaban J connectivity index is 2.15. The van der Waals surface area contributed by atoms with Gasteiger partial charge in [-0.1, -0.05) is 78.5 Å². The standard InChI is InChI=1S/C37H61NO8Si/c1-12-19-43-36(41)38-23-34-26(3)22-33(46-47(10,11)37(6,7)8)35(45-34)27(4)21-30(40)20-25(2)32(18-13-28(5)39)44-24-29-14-16-31(42-9)17-15-29/h12-18,25-28,32-35,39H,1,19-24H2,2-11H3,(H,38,41)/b18-13+. The number of aliphatic hydroxyl groups is 1. The average molecular weight is 676 g/mol. The predicted molar refractivity (Wildman–Crippen MR) is 189 cm³/mol. The van der Waals surface area contributed by atoms with Crippen LogP contribution in [0.2, 0.25) is 18.1 Å². The number of amides is 1. The van der Waals surface area contributed by atoms with Crippen molar-refractivity contribution in [1.29, 1.82) is 0 Å². The number of alkyl carbamates (subject to hydrolysis) is 1. The summed E-state index contributed by atoms with van der Waals surface area (Å²) in [6, 6.07) is 7.68. The normalized spacial score (nSPS) is 23.0. The van der Waals surface area contributed by atoms with Crippen molar-refractivity contribution in [3.05, 3.63) is 54.6 Å². The Bertz CT molecular complexity index is 1150. The highest BCUT2D eigenvalue weighted by Gasteiger charge is 2.46. The summed E-state index contributed by atoms with van der Waals surface area (Å²) >= 11 is 0. The minimum Gasteiger partial charge on any atom is -0.497 e. The van der Waals surface area contributed by atoms with E-state index in [1.165, 1.54) is 6.08 Å². The van der Waals surface area contributed by atoms with Crippen molar-refractivity contribution < 1.29 is 38.1 Å². The van der Waals surface area contributed by atoms with Gasteiger partial charge in [0.05, 0.1) is 44.2 Å². The van der Waals surface area contributed by atoms with Crippen molar-refractivity contribution in [1.82, 2.24) is 5.32 Å². The van der Waals surface area contributed by atoms with Crippen molar-refractivity contribution in [2.24, 2.45) is 17.8 Å². The minimum absolute atomic E-state index is 0.0169. The van der Waals surface area contributed by atoms with Gasteiger partial charge in [0, 0.05) is 19.4 Å². The van der Waals surface area contributed by atoms with Crippen LogP contribution in [0.4, 0.5) is 4.79 Å². The first-order valence-electron chi connectivity index (χ1n) is 16.9. The van der Waals surface area contributed by atoms with Crippen LogP contribution in [0, 0.1) is 17.8 Å². The van der Waals surface area contributed by atoms with Gasteiger partial charge in [-0.25, -0.2) is 4.79 Å². The maximum atomic E-state index is 13.6. The summed E-state index contributed by atoms with van der Waals surface area (Å²) in [5, 5.41) is 12.7. The number of ketones is 1. The second kappa shape index (κ2) is 18.9. The molecule has 1 aromatic rings. The zero-order chi connectivity index (χ0) is 35.4. The fourth-order valence-corrected chi connectivity index (χ4v) is 6.83. The summed E-state index contributed by atoms with van der Waals surface area (Å²) in [4.78, 5) is 25.7. The molecule has 1 heterocycles. The van der Waals surface area contributed by atoms with Gasteiger partial charge in [-0.2, -0.15) is 0 Å². The van der Waals surface area contributed by atoms with E-state index in [1.807, 2.05) is 37.3 Å². The molecule has 0 saturated carbocycles. The molecule has 1 amide bonds. The number of ether oxygens (including phenoxy) is 4. The lowest BCUT2D eigenvalue weighted by molar-refractivity contribution is -0.156. The molecule has 0 aliphatic carbocycles. The molecule has 0 radical (unpaired) electrons. The molecule has 1 fully saturated rings. The topological polar surface area (TPSA) is 113 Å². The Morgan fingerprint density at radius 1 is 1.13 bits per heavy atom. The Hall–Kier alpha value is -2.50. The van der Waals surface area contributed by atoms with Gasteiger partial charge in [-0.05, 0) is 66.9 Å². The van der Waals surface area contributed by atoms with Gasteiger partial charge in [0.1, 0.15) is 18.1 Å². The van der Waals surface area contributed by atoms with Crippen molar-refractivity contribution in [3.63, 3.8) is 0 Å². The quantitative estimate of drug-likeness (QED) is 0.124. The van der Waals surface area contributed by atoms with Crippen LogP contribution in [0.1, 0.15) is 73.3 Å². The van der Waals surface area contributed by atoms with Crippen LogP contribution in [-0.4, -0.2) is 76.1 Å². The van der Waals surface area contributed by atoms with Gasteiger partial charge in [0.2, 0.25) is 0 Å². The first-order chi connectivity index (χ1) is 22.0. The van der Waals surface area contributed by atoms with Crippen molar-refractivity contribution in [3.8, 4) is 5.75 Å². The lowest BCUT2D eigenvalue weighted by Crippen LogP contribution is -2.55. The number of methoxy groups -OCH3 is 1. The maximum Gasteiger partial charge on any atom is 0.407 e. The van der Waals surface area contributed by atoms with Gasteiger partial charge >= 0.3 is 6.09 Å². The molecule has 266 valence electrons. The molecule has 2 rings (SSSR count). The summed E-state index contributed by atoms with van der Waals surface area (Å²) in [6.07, 6.45) is 4.27. The van der Waals surface area contributed by atoms with Crippen LogP contribution in [0.3, 0.4) is 0 Å². The first kappa shape index (κ1) is 40.7. The Kier molecular flexibility index (Phi) is 16.3. The summed E-state index contributed by atoms with van der Waals surface area (Å²) in [5.41, 5.74) is 0.989. The number of hydrogen-bond acceptors (Lipinski definition) is 8. The Morgan fingerprint density at radius 2 is 1.79 bits per heavy atom. The number of aliphatic hydroxyl groups excluding tert-OH is 1. The number of benzene rings is 1. The SMILES string of the molecule is C=CCOC(=O)NCC1OC(C(C)CC(=O)CC(C)C(/C=C/C(C)O)OCc2ccc(OC)cc2)C(O[Si](C)(C)C(C)(C)C)CC1C. The third kappa shape index (κ3) is 13.5. The van der Waals surface area contributed by atoms with E-state index in [2.05, 4.69) is 59.6 Å². The number of carbonyl (C=O) groups is 2. The molecule has 0 aromatic heterocycles. The van der Waals surface area contributed by atoms with Crippen molar-refractivity contribution in [2.75, 3.05) is 20.3 Å². The summed E-state index contributed by atoms with van der Waals surface area (Å²) in [5.74, 6) is 0.790. The van der Waals surface area contributed by atoms with E-state index in [-0.39, 0.29) is 59.6 Å². The van der Waals surface area contributed by atoms with E-state index in [0.717, 1.165) is 17.7 Å². The van der Waals surface area contributed by atoms with E-state index in [4.69, 9.17) is 23.4 Å². The van der Waals surface area contributed by atoms with Gasteiger partial charge in [-0.3, -0.25) is 4.79 Å². The molecule has 10 heteroatoms. The van der Waals surface area contributed by atoms with E-state index in [0.29, 0.717) is 26.0 Å². The molecule has 8 atom stereocenters. The summed E-state index contributed by atoms with van der Waals surface area (Å²) in [7, 11) is -0.511. The number of Topliss-reactive ketones (excluding diaryl/α,β-unsaturated/α-hetero) is 1. The van der Waals surface area contributed by atoms with E-state index >= 15 is 0 Å². The number of hydrogen-bond donors (Lipinski definition) is 2. The van der Waals surface area contributed by atoms with Crippen molar-refractivity contribution in [2.45, 2.75) is 123 Å². The number of rotatable bonds is 18. The van der Waals surface area contributed by atoms with Crippen LogP contribution in [-0.2, 0) is 30.0 Å². The lowest BCUT2D eigenvalue weighted by atomic mass is 9.83. The van der Waals surface area contributed by atoms with Crippen LogP contribution in [0.15, 0.2) is 49.1 Å². The highest BCUT2D eigenvalue weighted by atomic mass is 28.4.